The molecule has 0 saturated heterocycles. The molecule has 9 heteroatoms. The molecule has 1 aromatic carbocycles. The Labute approximate surface area is 135 Å². The summed E-state index contributed by atoms with van der Waals surface area (Å²) in [4.78, 5) is 22.1. The predicted molar refractivity (Wildman–Crippen MR) is 78.4 cm³/mol. The minimum atomic E-state index is -4.73. The average molecular weight is 346 g/mol. The third-order valence-corrected chi connectivity index (χ3v) is 4.16. The molecule has 0 aliphatic heterocycles. The van der Waals surface area contributed by atoms with Crippen molar-refractivity contribution in [1.29, 1.82) is 0 Å². The van der Waals surface area contributed by atoms with Crippen molar-refractivity contribution in [3.63, 3.8) is 0 Å². The lowest BCUT2D eigenvalue weighted by Crippen LogP contribution is -2.36. The minimum Gasteiger partial charge on any atom is -0.393 e. The van der Waals surface area contributed by atoms with Crippen LogP contribution in [0.25, 0.3) is 0 Å². The predicted octanol–water partition coefficient (Wildman–Crippen LogP) is 2.89. The van der Waals surface area contributed by atoms with Gasteiger partial charge in [-0.15, -0.1) is 0 Å². The van der Waals surface area contributed by atoms with E-state index in [1.807, 2.05) is 0 Å². The van der Waals surface area contributed by atoms with Gasteiger partial charge in [0, 0.05) is 18.5 Å². The average Bonchev–Trinajstić information content (AvgIpc) is 2.52. The first-order chi connectivity index (χ1) is 11.2. The molecule has 0 bridgehead atoms. The van der Waals surface area contributed by atoms with Gasteiger partial charge in [0.05, 0.1) is 16.6 Å². The van der Waals surface area contributed by atoms with Gasteiger partial charge in [0.1, 0.15) is 5.56 Å². The van der Waals surface area contributed by atoms with Crippen LogP contribution in [-0.2, 0) is 6.18 Å². The number of carbonyl (C=O) groups is 1. The molecule has 0 aromatic heterocycles. The van der Waals surface area contributed by atoms with Gasteiger partial charge in [0.25, 0.3) is 11.6 Å². The minimum absolute atomic E-state index is 0.123. The zero-order valence-corrected chi connectivity index (χ0v) is 12.7. The van der Waals surface area contributed by atoms with E-state index in [-0.39, 0.29) is 12.5 Å². The van der Waals surface area contributed by atoms with Crippen molar-refractivity contribution in [1.82, 2.24) is 5.32 Å². The lowest BCUT2D eigenvalue weighted by Gasteiger charge is -2.27. The van der Waals surface area contributed by atoms with Crippen molar-refractivity contribution >= 4 is 11.6 Å². The number of nitrogens with one attached hydrogen (secondary N) is 1. The number of aliphatic hydroxyl groups is 1. The van der Waals surface area contributed by atoms with E-state index in [0.717, 1.165) is 25.3 Å². The fourth-order valence-electron chi connectivity index (χ4n) is 2.80. The monoisotopic (exact) mass is 346 g/mol. The molecule has 0 spiro atoms. The van der Waals surface area contributed by atoms with Gasteiger partial charge >= 0.3 is 6.18 Å². The number of nitro benzene ring substituents is 1. The molecular formula is C15H17F3N2O4. The van der Waals surface area contributed by atoms with Gasteiger partial charge in [-0.25, -0.2) is 0 Å². The number of aliphatic hydroxyl groups excluding tert-OH is 1. The molecule has 2 rings (SSSR count). The van der Waals surface area contributed by atoms with Crippen LogP contribution in [0.15, 0.2) is 18.2 Å². The largest absolute Gasteiger partial charge is 0.416 e. The van der Waals surface area contributed by atoms with Crippen LogP contribution in [0, 0.1) is 16.0 Å². The molecule has 1 aliphatic rings. The highest BCUT2D eigenvalue weighted by atomic mass is 19.4. The zero-order valence-electron chi connectivity index (χ0n) is 12.7. The number of alkyl halides is 3. The first-order valence-electron chi connectivity index (χ1n) is 7.52. The molecule has 24 heavy (non-hydrogen) atoms. The maximum absolute atomic E-state index is 12.6. The number of rotatable bonds is 4. The standard InChI is InChI=1S/C15H17F3N2O4/c16-15(17,18)10-5-6-11(12(7-10)20(23)24)14(22)19-8-9-3-1-2-4-13(9)21/h5-7,9,13,21H,1-4,8H2,(H,19,22)/t9-,13-/m1/s1. The van der Waals surface area contributed by atoms with Gasteiger partial charge in [-0.3, -0.25) is 14.9 Å². The molecule has 1 aromatic rings. The van der Waals surface area contributed by atoms with E-state index >= 15 is 0 Å². The van der Waals surface area contributed by atoms with Gasteiger partial charge in [-0.05, 0) is 25.0 Å². The molecule has 1 fully saturated rings. The Morgan fingerprint density at radius 3 is 2.58 bits per heavy atom. The smallest absolute Gasteiger partial charge is 0.393 e. The highest BCUT2D eigenvalue weighted by molar-refractivity contribution is 5.98. The SMILES string of the molecule is O=C(NC[C@H]1CCCC[C@H]1O)c1ccc(C(F)(F)F)cc1[N+](=O)[O-]. The number of benzene rings is 1. The maximum Gasteiger partial charge on any atom is 0.416 e. The summed E-state index contributed by atoms with van der Waals surface area (Å²) in [6.45, 7) is 0.123. The number of hydrogen-bond donors (Lipinski definition) is 2. The van der Waals surface area contributed by atoms with Crippen LogP contribution >= 0.6 is 0 Å². The molecule has 1 amide bonds. The summed E-state index contributed by atoms with van der Waals surface area (Å²) in [7, 11) is 0. The molecule has 1 saturated carbocycles. The third-order valence-electron chi connectivity index (χ3n) is 4.16. The molecular weight excluding hydrogens is 329 g/mol. The number of carbonyl (C=O) groups excluding carboxylic acids is 1. The maximum atomic E-state index is 12.6. The Hall–Kier alpha value is -2.16. The molecule has 1 aliphatic carbocycles. The summed E-state index contributed by atoms with van der Waals surface area (Å²) in [5.41, 5.74) is -2.52. The van der Waals surface area contributed by atoms with Crippen molar-refractivity contribution < 1.29 is 28.0 Å². The zero-order chi connectivity index (χ0) is 17.9. The fourth-order valence-corrected chi connectivity index (χ4v) is 2.80. The van der Waals surface area contributed by atoms with Crippen LogP contribution in [0.2, 0.25) is 0 Å². The van der Waals surface area contributed by atoms with E-state index in [9.17, 15) is 33.2 Å². The molecule has 2 N–H and O–H groups in total. The summed E-state index contributed by atoms with van der Waals surface area (Å²) < 4.78 is 37.9. The Morgan fingerprint density at radius 1 is 1.33 bits per heavy atom. The second-order valence-electron chi connectivity index (χ2n) is 5.81. The summed E-state index contributed by atoms with van der Waals surface area (Å²) in [6.07, 6.45) is -2.13. The van der Waals surface area contributed by atoms with E-state index in [4.69, 9.17) is 0 Å². The number of nitrogens with zero attached hydrogens (tertiary/aromatic N) is 1. The van der Waals surface area contributed by atoms with E-state index in [1.165, 1.54) is 0 Å². The molecule has 2 atom stereocenters. The summed E-state index contributed by atoms with van der Waals surface area (Å²) in [5.74, 6) is -0.982. The third kappa shape index (κ3) is 4.22. The lowest BCUT2D eigenvalue weighted by atomic mass is 9.86. The summed E-state index contributed by atoms with van der Waals surface area (Å²) in [5, 5.41) is 23.3. The Morgan fingerprint density at radius 2 is 2.00 bits per heavy atom. The normalized spacial score (nSPS) is 21.3. The van der Waals surface area contributed by atoms with Crippen molar-refractivity contribution in [2.45, 2.75) is 38.0 Å². The summed E-state index contributed by atoms with van der Waals surface area (Å²) in [6, 6.07) is 1.79. The number of nitro groups is 1. The van der Waals surface area contributed by atoms with Gasteiger partial charge in [-0.2, -0.15) is 13.2 Å². The van der Waals surface area contributed by atoms with Gasteiger partial charge in [0.15, 0.2) is 0 Å². The van der Waals surface area contributed by atoms with E-state index in [1.54, 1.807) is 0 Å². The molecule has 0 heterocycles. The first kappa shape index (κ1) is 18.2. The van der Waals surface area contributed by atoms with Crippen molar-refractivity contribution in [3.05, 3.63) is 39.4 Å². The Balaban J connectivity index is 2.15. The second kappa shape index (κ2) is 7.16. The molecule has 6 nitrogen and oxygen atoms in total. The quantitative estimate of drug-likeness (QED) is 0.648. The van der Waals surface area contributed by atoms with Crippen LogP contribution in [0.1, 0.15) is 41.6 Å². The number of halogens is 3. The van der Waals surface area contributed by atoms with Crippen molar-refractivity contribution in [2.24, 2.45) is 5.92 Å². The topological polar surface area (TPSA) is 92.5 Å². The van der Waals surface area contributed by atoms with Crippen LogP contribution in [0.3, 0.4) is 0 Å². The number of hydrogen-bond acceptors (Lipinski definition) is 4. The highest BCUT2D eigenvalue weighted by Gasteiger charge is 2.34. The second-order valence-corrected chi connectivity index (χ2v) is 5.81. The number of amides is 1. The van der Waals surface area contributed by atoms with Gasteiger partial charge in [-0.1, -0.05) is 12.8 Å². The first-order valence-corrected chi connectivity index (χ1v) is 7.52. The molecule has 0 radical (unpaired) electrons. The highest BCUT2D eigenvalue weighted by Crippen LogP contribution is 2.33. The van der Waals surface area contributed by atoms with Gasteiger partial charge < -0.3 is 10.4 Å². The molecule has 132 valence electrons. The molecule has 0 unspecified atom stereocenters. The van der Waals surface area contributed by atoms with Crippen molar-refractivity contribution in [2.75, 3.05) is 6.54 Å². The van der Waals surface area contributed by atoms with Crippen LogP contribution in [0.4, 0.5) is 18.9 Å². The lowest BCUT2D eigenvalue weighted by molar-refractivity contribution is -0.385. The van der Waals surface area contributed by atoms with E-state index in [0.29, 0.717) is 18.6 Å². The fraction of sp³-hybridized carbons (Fsp3) is 0.533. The summed E-state index contributed by atoms with van der Waals surface area (Å²) >= 11 is 0. The van der Waals surface area contributed by atoms with Crippen LogP contribution in [0.5, 0.6) is 0 Å². The van der Waals surface area contributed by atoms with Crippen molar-refractivity contribution in [3.8, 4) is 0 Å². The Kier molecular flexibility index (Phi) is 5.43. The van der Waals surface area contributed by atoms with Crippen LogP contribution in [-0.4, -0.2) is 28.6 Å². The van der Waals surface area contributed by atoms with E-state index in [2.05, 4.69) is 5.32 Å². The van der Waals surface area contributed by atoms with Crippen LogP contribution < -0.4 is 5.32 Å². The van der Waals surface area contributed by atoms with Gasteiger partial charge in [0.2, 0.25) is 0 Å². The van der Waals surface area contributed by atoms with E-state index < -0.39 is 39.9 Å². The Bertz CT molecular complexity index is 634.